The van der Waals surface area contributed by atoms with Gasteiger partial charge in [0.2, 0.25) is 0 Å². The third kappa shape index (κ3) is 2.82. The van der Waals surface area contributed by atoms with Gasteiger partial charge in [-0.3, -0.25) is 14.4 Å². The number of carbonyl (C=O) groups excluding carboxylic acids is 3. The van der Waals surface area contributed by atoms with E-state index in [1.165, 1.54) is 5.57 Å². The molecule has 2 aliphatic carbocycles. The number of carbonyl (C=O) groups is 3. The second kappa shape index (κ2) is 6.77. The van der Waals surface area contributed by atoms with E-state index in [0.717, 1.165) is 6.42 Å². The third-order valence-electron chi connectivity index (χ3n) is 7.54. The Bertz CT molecular complexity index is 907. The lowest BCUT2D eigenvalue weighted by atomic mass is 9.40. The Kier molecular flexibility index (Phi) is 5.12. The predicted molar refractivity (Wildman–Crippen MR) is 118 cm³/mol. The van der Waals surface area contributed by atoms with Crippen molar-refractivity contribution in [1.29, 1.82) is 0 Å². The zero-order valence-electron chi connectivity index (χ0n) is 19.9. The molecular weight excluding hydrogens is 376 g/mol. The molecule has 3 rings (SSSR count). The molecule has 4 heteroatoms. The highest BCUT2D eigenvalue weighted by Crippen LogP contribution is 2.66. The van der Waals surface area contributed by atoms with Crippen LogP contribution < -0.4 is 0 Å². The molecule has 3 aliphatic rings. The van der Waals surface area contributed by atoms with Crippen molar-refractivity contribution in [2.75, 3.05) is 0 Å². The van der Waals surface area contributed by atoms with E-state index in [0.29, 0.717) is 12.0 Å². The Morgan fingerprint density at radius 2 is 1.77 bits per heavy atom. The first-order valence-electron chi connectivity index (χ1n) is 11.0. The van der Waals surface area contributed by atoms with Crippen LogP contribution in [0.4, 0.5) is 0 Å². The summed E-state index contributed by atoms with van der Waals surface area (Å²) in [7, 11) is 0. The third-order valence-corrected chi connectivity index (χ3v) is 7.54. The molecule has 0 N–H and O–H groups in total. The maximum absolute atomic E-state index is 14.2. The fraction of sp³-hybridized carbons (Fsp3) is 0.654. The van der Waals surface area contributed by atoms with Gasteiger partial charge < -0.3 is 4.74 Å². The molecule has 0 radical (unpaired) electrons. The molecule has 0 saturated heterocycles. The number of fused-ring (bicyclic) bond motifs is 3. The van der Waals surface area contributed by atoms with Crippen LogP contribution in [0, 0.1) is 28.1 Å². The van der Waals surface area contributed by atoms with Gasteiger partial charge in [-0.1, -0.05) is 39.3 Å². The highest BCUT2D eigenvalue weighted by Gasteiger charge is 2.74. The summed E-state index contributed by atoms with van der Waals surface area (Å²) in [6, 6.07) is 0. The van der Waals surface area contributed by atoms with Gasteiger partial charge in [-0.15, -0.1) is 0 Å². The molecule has 4 nitrogen and oxygen atoms in total. The summed E-state index contributed by atoms with van der Waals surface area (Å²) in [5.41, 5.74) is -2.47. The van der Waals surface area contributed by atoms with E-state index in [1.807, 2.05) is 61.5 Å². The van der Waals surface area contributed by atoms with Crippen molar-refractivity contribution in [3.05, 3.63) is 35.1 Å². The van der Waals surface area contributed by atoms with Crippen LogP contribution in [0.2, 0.25) is 0 Å². The van der Waals surface area contributed by atoms with E-state index in [2.05, 4.69) is 6.08 Å². The van der Waals surface area contributed by atoms with Gasteiger partial charge in [-0.2, -0.15) is 0 Å². The predicted octanol–water partition coefficient (Wildman–Crippen LogP) is 5.38. The van der Waals surface area contributed by atoms with Crippen molar-refractivity contribution < 1.29 is 19.1 Å². The Hall–Kier alpha value is -1.97. The van der Waals surface area contributed by atoms with E-state index in [4.69, 9.17) is 4.74 Å². The van der Waals surface area contributed by atoms with Crippen LogP contribution in [0.15, 0.2) is 35.1 Å². The minimum Gasteiger partial charge on any atom is -0.486 e. The highest BCUT2D eigenvalue weighted by atomic mass is 16.5. The average Bonchev–Trinajstić information content (AvgIpc) is 2.61. The van der Waals surface area contributed by atoms with Gasteiger partial charge in [0.05, 0.1) is 11.0 Å². The lowest BCUT2D eigenvalue weighted by Crippen LogP contribution is -2.69. The van der Waals surface area contributed by atoms with Gasteiger partial charge in [0.15, 0.2) is 22.8 Å². The first-order chi connectivity index (χ1) is 13.6. The van der Waals surface area contributed by atoms with Crippen LogP contribution in [0.5, 0.6) is 0 Å². The number of ether oxygens (including phenoxy) is 1. The number of ketones is 3. The second-order valence-electron chi connectivity index (χ2n) is 11.2. The van der Waals surface area contributed by atoms with Crippen LogP contribution in [0.1, 0.15) is 75.2 Å². The molecule has 1 aliphatic heterocycles. The first kappa shape index (κ1) is 22.7. The van der Waals surface area contributed by atoms with Gasteiger partial charge in [-0.25, -0.2) is 0 Å². The Balaban J connectivity index is 2.40. The van der Waals surface area contributed by atoms with E-state index in [9.17, 15) is 14.4 Å². The molecule has 0 amide bonds. The summed E-state index contributed by atoms with van der Waals surface area (Å²) in [6.07, 6.45) is 6.95. The van der Waals surface area contributed by atoms with Crippen LogP contribution in [-0.2, 0) is 19.1 Å². The Labute approximate surface area is 180 Å². The van der Waals surface area contributed by atoms with Crippen molar-refractivity contribution in [2.45, 2.75) is 80.8 Å². The maximum Gasteiger partial charge on any atom is 0.179 e. The van der Waals surface area contributed by atoms with Crippen molar-refractivity contribution >= 4 is 17.3 Å². The van der Waals surface area contributed by atoms with Crippen LogP contribution >= 0.6 is 0 Å². The van der Waals surface area contributed by atoms with Crippen LogP contribution in [0.3, 0.4) is 0 Å². The summed E-state index contributed by atoms with van der Waals surface area (Å²) >= 11 is 0. The topological polar surface area (TPSA) is 60.4 Å². The molecule has 0 aromatic rings. The van der Waals surface area contributed by atoms with Gasteiger partial charge in [0.1, 0.15) is 11.4 Å². The molecule has 1 heterocycles. The van der Waals surface area contributed by atoms with Gasteiger partial charge in [-0.05, 0) is 70.9 Å². The first-order valence-corrected chi connectivity index (χ1v) is 11.0. The molecule has 3 unspecified atom stereocenters. The number of hydrogen-bond donors (Lipinski definition) is 0. The summed E-state index contributed by atoms with van der Waals surface area (Å²) in [6.45, 7) is 17.3. The van der Waals surface area contributed by atoms with Crippen molar-refractivity contribution in [2.24, 2.45) is 28.1 Å². The van der Waals surface area contributed by atoms with Gasteiger partial charge in [0, 0.05) is 5.92 Å². The summed E-state index contributed by atoms with van der Waals surface area (Å²) in [4.78, 5) is 41.8. The van der Waals surface area contributed by atoms with Crippen molar-refractivity contribution in [3.8, 4) is 0 Å². The van der Waals surface area contributed by atoms with E-state index in [1.54, 1.807) is 13.0 Å². The molecule has 0 aromatic heterocycles. The molecule has 0 aromatic carbocycles. The van der Waals surface area contributed by atoms with E-state index < -0.39 is 21.8 Å². The van der Waals surface area contributed by atoms with Crippen molar-refractivity contribution in [1.82, 2.24) is 0 Å². The fourth-order valence-corrected chi connectivity index (χ4v) is 5.64. The quantitative estimate of drug-likeness (QED) is 0.460. The maximum atomic E-state index is 14.2. The van der Waals surface area contributed by atoms with Crippen LogP contribution in [-0.4, -0.2) is 23.0 Å². The molecule has 3 atom stereocenters. The molecule has 0 spiro atoms. The summed E-state index contributed by atoms with van der Waals surface area (Å²) in [5.74, 6) is -0.710. The summed E-state index contributed by atoms with van der Waals surface area (Å²) in [5, 5.41) is 0. The lowest BCUT2D eigenvalue weighted by Gasteiger charge is -2.61. The molecule has 1 saturated carbocycles. The Morgan fingerprint density at radius 3 is 2.30 bits per heavy atom. The number of rotatable bonds is 4. The minimum atomic E-state index is -1.46. The SMILES string of the molecule is CC(C)=CCC1CC2(C)C(=O)C3=C(OC(C)(C)C=C3)C(C(=O)C(C)C)(C2=O)C1(C)C. The average molecular weight is 413 g/mol. The van der Waals surface area contributed by atoms with Crippen molar-refractivity contribution in [3.63, 3.8) is 0 Å². The number of hydrogen-bond acceptors (Lipinski definition) is 4. The normalized spacial score (nSPS) is 33.9. The molecule has 1 fully saturated rings. The monoisotopic (exact) mass is 412 g/mol. The molecule has 30 heavy (non-hydrogen) atoms. The highest BCUT2D eigenvalue weighted by molar-refractivity contribution is 6.28. The zero-order chi connectivity index (χ0) is 22.9. The molecule has 164 valence electrons. The van der Waals surface area contributed by atoms with E-state index in [-0.39, 0.29) is 34.9 Å². The minimum absolute atomic E-state index is 0.00609. The Morgan fingerprint density at radius 1 is 1.17 bits per heavy atom. The molecular formula is C26H36O4. The number of Topliss-reactive ketones (excluding diaryl/α,β-unsaturated/α-hetero) is 3. The van der Waals surface area contributed by atoms with E-state index >= 15 is 0 Å². The van der Waals surface area contributed by atoms with Gasteiger partial charge in [0.25, 0.3) is 0 Å². The van der Waals surface area contributed by atoms with Crippen LogP contribution in [0.25, 0.3) is 0 Å². The smallest absolute Gasteiger partial charge is 0.179 e. The largest absolute Gasteiger partial charge is 0.486 e. The fourth-order valence-electron chi connectivity index (χ4n) is 5.64. The number of allylic oxidation sites excluding steroid dienone is 5. The second-order valence-corrected chi connectivity index (χ2v) is 11.2. The zero-order valence-corrected chi connectivity index (χ0v) is 19.9. The van der Waals surface area contributed by atoms with Gasteiger partial charge >= 0.3 is 0 Å². The standard InChI is InChI=1S/C26H36O4/c1-15(2)10-11-17-14-25(9)20(28)18-12-13-23(5,6)30-21(18)26(22(25)29,24(17,7)8)19(27)16(3)4/h10,12-13,16-17H,11,14H2,1-9H3. The lowest BCUT2D eigenvalue weighted by molar-refractivity contribution is -0.178. The summed E-state index contributed by atoms with van der Waals surface area (Å²) < 4.78 is 6.35. The molecule has 2 bridgehead atoms.